The lowest BCUT2D eigenvalue weighted by Gasteiger charge is -2.13. The number of sulfonamides is 1. The third-order valence-electron chi connectivity index (χ3n) is 3.94. The second-order valence-corrected chi connectivity index (χ2v) is 8.58. The summed E-state index contributed by atoms with van der Waals surface area (Å²) in [7, 11) is 0.331. The first-order valence-electron chi connectivity index (χ1n) is 9.59. The molecule has 0 spiro atoms. The summed E-state index contributed by atoms with van der Waals surface area (Å²) in [5.74, 6) is 0.770. The van der Waals surface area contributed by atoms with Crippen molar-refractivity contribution in [2.24, 2.45) is 4.99 Å². The summed E-state index contributed by atoms with van der Waals surface area (Å²) in [6.07, 6.45) is 1.39. The number of nitrogens with zero attached hydrogens (tertiary/aromatic N) is 2. The maximum absolute atomic E-state index is 12.1. The molecule has 28 heavy (non-hydrogen) atoms. The Morgan fingerprint density at radius 1 is 1.14 bits per heavy atom. The van der Waals surface area contributed by atoms with Crippen LogP contribution in [0.25, 0.3) is 0 Å². The summed E-state index contributed by atoms with van der Waals surface area (Å²) >= 11 is 0. The number of nitrogens with one attached hydrogen (secondary N) is 3. The van der Waals surface area contributed by atoms with Crippen LogP contribution in [0.3, 0.4) is 0 Å². The number of rotatable bonds is 11. The van der Waals surface area contributed by atoms with Crippen LogP contribution in [0.4, 0.5) is 0 Å². The Bertz CT molecular complexity index is 748. The zero-order valence-electron chi connectivity index (χ0n) is 17.3. The minimum Gasteiger partial charge on any atom is -0.357 e. The third-order valence-corrected chi connectivity index (χ3v) is 5.34. The molecule has 0 atom stereocenters. The summed E-state index contributed by atoms with van der Waals surface area (Å²) in [5.41, 5.74) is 1.75. The standard InChI is InChI=1S/C19H33N5O3S/c1-5-20-19(21-12-8-13-23-28(26,27)6-2)22-14-11-16-9-7-10-17(15-16)18(25)24(3)4/h7,9-10,15,23H,5-6,8,11-14H2,1-4H3,(H2,20,21,22). The largest absolute Gasteiger partial charge is 0.357 e. The first-order chi connectivity index (χ1) is 13.3. The molecule has 3 N–H and O–H groups in total. The Morgan fingerprint density at radius 2 is 1.89 bits per heavy atom. The maximum Gasteiger partial charge on any atom is 0.253 e. The van der Waals surface area contributed by atoms with Crippen LogP contribution in [0.1, 0.15) is 36.2 Å². The Labute approximate surface area is 168 Å². The third kappa shape index (κ3) is 9.18. The minimum absolute atomic E-state index is 0.0107. The van der Waals surface area contributed by atoms with Gasteiger partial charge in [0.15, 0.2) is 5.96 Å². The zero-order chi connectivity index (χ0) is 21.0. The molecule has 0 aliphatic rings. The van der Waals surface area contributed by atoms with Crippen molar-refractivity contribution in [2.45, 2.75) is 26.7 Å². The van der Waals surface area contributed by atoms with E-state index in [2.05, 4.69) is 20.3 Å². The molecule has 0 aromatic heterocycles. The van der Waals surface area contributed by atoms with Crippen molar-refractivity contribution in [3.05, 3.63) is 35.4 Å². The lowest BCUT2D eigenvalue weighted by Crippen LogP contribution is -2.38. The van der Waals surface area contributed by atoms with E-state index in [1.165, 1.54) is 0 Å². The Balaban J connectivity index is 2.48. The minimum atomic E-state index is -3.15. The van der Waals surface area contributed by atoms with Gasteiger partial charge in [0.25, 0.3) is 5.91 Å². The maximum atomic E-state index is 12.1. The van der Waals surface area contributed by atoms with Crippen molar-refractivity contribution in [1.82, 2.24) is 20.3 Å². The van der Waals surface area contributed by atoms with E-state index in [1.807, 2.05) is 31.2 Å². The quantitative estimate of drug-likeness (QED) is 0.284. The molecule has 0 saturated carbocycles. The van der Waals surface area contributed by atoms with E-state index in [4.69, 9.17) is 0 Å². The number of guanidine groups is 1. The summed E-state index contributed by atoms with van der Waals surface area (Å²) in [6, 6.07) is 7.62. The molecule has 0 aliphatic heterocycles. The van der Waals surface area contributed by atoms with E-state index >= 15 is 0 Å². The number of benzene rings is 1. The fourth-order valence-corrected chi connectivity index (χ4v) is 3.04. The van der Waals surface area contributed by atoms with Crippen molar-refractivity contribution < 1.29 is 13.2 Å². The summed E-state index contributed by atoms with van der Waals surface area (Å²) in [5, 5.41) is 6.44. The highest BCUT2D eigenvalue weighted by Crippen LogP contribution is 2.07. The van der Waals surface area contributed by atoms with Crippen LogP contribution in [-0.2, 0) is 16.4 Å². The van der Waals surface area contributed by atoms with Crippen molar-refractivity contribution >= 4 is 21.9 Å². The van der Waals surface area contributed by atoms with Gasteiger partial charge >= 0.3 is 0 Å². The van der Waals surface area contributed by atoms with Crippen molar-refractivity contribution in [1.29, 1.82) is 0 Å². The summed E-state index contributed by atoms with van der Waals surface area (Å²) < 4.78 is 25.3. The molecule has 1 aromatic rings. The highest BCUT2D eigenvalue weighted by Gasteiger charge is 2.08. The van der Waals surface area contributed by atoms with Gasteiger partial charge in [-0.1, -0.05) is 12.1 Å². The molecule has 1 amide bonds. The highest BCUT2D eigenvalue weighted by atomic mass is 32.2. The van der Waals surface area contributed by atoms with Crippen LogP contribution < -0.4 is 15.4 Å². The van der Waals surface area contributed by atoms with Gasteiger partial charge < -0.3 is 15.5 Å². The van der Waals surface area contributed by atoms with Crippen LogP contribution in [0.5, 0.6) is 0 Å². The molecule has 1 aromatic carbocycles. The zero-order valence-corrected chi connectivity index (χ0v) is 18.1. The Hall–Kier alpha value is -2.13. The molecule has 158 valence electrons. The molecule has 9 heteroatoms. The van der Waals surface area contributed by atoms with Gasteiger partial charge in [-0.3, -0.25) is 9.79 Å². The van der Waals surface area contributed by atoms with E-state index in [-0.39, 0.29) is 11.7 Å². The molecular formula is C19H33N5O3S. The second kappa shape index (κ2) is 12.4. The monoisotopic (exact) mass is 411 g/mol. The molecule has 0 saturated heterocycles. The van der Waals surface area contributed by atoms with Crippen LogP contribution in [0, 0.1) is 0 Å². The molecule has 0 fully saturated rings. The average Bonchev–Trinajstić information content (AvgIpc) is 2.67. The van der Waals surface area contributed by atoms with Crippen LogP contribution in [0.2, 0.25) is 0 Å². The predicted molar refractivity (Wildman–Crippen MR) is 114 cm³/mol. The fourth-order valence-electron chi connectivity index (χ4n) is 2.38. The summed E-state index contributed by atoms with van der Waals surface area (Å²) in [6.45, 7) is 5.91. The topological polar surface area (TPSA) is 103 Å². The molecule has 1 rings (SSSR count). The van der Waals surface area contributed by atoms with Gasteiger partial charge in [-0.05, 0) is 44.4 Å². The number of carbonyl (C=O) groups excluding carboxylic acids is 1. The van der Waals surface area contributed by atoms with Gasteiger partial charge in [0.1, 0.15) is 0 Å². The summed E-state index contributed by atoms with van der Waals surface area (Å²) in [4.78, 5) is 18.1. The van der Waals surface area contributed by atoms with Crippen molar-refractivity contribution in [3.8, 4) is 0 Å². The normalized spacial score (nSPS) is 11.9. The first kappa shape index (κ1) is 23.9. The number of hydrogen-bond donors (Lipinski definition) is 3. The van der Waals surface area contributed by atoms with Gasteiger partial charge in [-0.15, -0.1) is 0 Å². The van der Waals surface area contributed by atoms with Crippen molar-refractivity contribution in [2.75, 3.05) is 46.0 Å². The van der Waals surface area contributed by atoms with Gasteiger partial charge in [0.05, 0.1) is 5.75 Å². The number of amides is 1. The van der Waals surface area contributed by atoms with E-state index in [9.17, 15) is 13.2 Å². The lowest BCUT2D eigenvalue weighted by atomic mass is 10.1. The van der Waals surface area contributed by atoms with Gasteiger partial charge in [-0.25, -0.2) is 13.1 Å². The molecule has 0 bridgehead atoms. The van der Waals surface area contributed by atoms with E-state index < -0.39 is 10.0 Å². The van der Waals surface area contributed by atoms with Gasteiger partial charge in [0.2, 0.25) is 10.0 Å². The van der Waals surface area contributed by atoms with Gasteiger partial charge in [-0.2, -0.15) is 0 Å². The van der Waals surface area contributed by atoms with Gasteiger partial charge in [0, 0.05) is 45.8 Å². The van der Waals surface area contributed by atoms with Crippen LogP contribution in [0.15, 0.2) is 29.3 Å². The van der Waals surface area contributed by atoms with E-state index in [1.54, 1.807) is 25.9 Å². The molecule has 0 unspecified atom stereocenters. The van der Waals surface area contributed by atoms with E-state index in [0.717, 1.165) is 18.5 Å². The number of aliphatic imine (C=N–C) groups is 1. The van der Waals surface area contributed by atoms with Crippen LogP contribution in [-0.4, -0.2) is 71.2 Å². The smallest absolute Gasteiger partial charge is 0.253 e. The molecule has 0 radical (unpaired) electrons. The van der Waals surface area contributed by atoms with Crippen LogP contribution >= 0.6 is 0 Å². The molecule has 8 nitrogen and oxygen atoms in total. The predicted octanol–water partition coefficient (Wildman–Crippen LogP) is 0.815. The fraction of sp³-hybridized carbons (Fsp3) is 0.579. The average molecular weight is 412 g/mol. The SMILES string of the molecule is CCNC(=NCCCNS(=O)(=O)CC)NCCc1cccc(C(=O)N(C)C)c1. The lowest BCUT2D eigenvalue weighted by molar-refractivity contribution is 0.0827. The van der Waals surface area contributed by atoms with E-state index in [0.29, 0.717) is 37.6 Å². The first-order valence-corrected chi connectivity index (χ1v) is 11.2. The van der Waals surface area contributed by atoms with Crippen molar-refractivity contribution in [3.63, 3.8) is 0 Å². The number of carbonyl (C=O) groups is 1. The molecule has 0 aliphatic carbocycles. The Morgan fingerprint density at radius 3 is 2.54 bits per heavy atom. The highest BCUT2D eigenvalue weighted by molar-refractivity contribution is 7.89. The molecule has 0 heterocycles. The second-order valence-electron chi connectivity index (χ2n) is 6.49. The Kier molecular flexibility index (Phi) is 10.5. The number of hydrogen-bond acceptors (Lipinski definition) is 4. The molecular weight excluding hydrogens is 378 g/mol.